The molecule has 2 aromatic carbocycles. The van der Waals surface area contributed by atoms with Crippen molar-refractivity contribution in [1.29, 1.82) is 0 Å². The predicted octanol–water partition coefficient (Wildman–Crippen LogP) is 3.62. The van der Waals surface area contributed by atoms with Crippen LogP contribution in [-0.2, 0) is 23.7 Å². The van der Waals surface area contributed by atoms with Crippen molar-refractivity contribution in [1.82, 2.24) is 34.7 Å². The van der Waals surface area contributed by atoms with Gasteiger partial charge in [0, 0.05) is 49.4 Å². The van der Waals surface area contributed by atoms with Gasteiger partial charge in [-0.15, -0.1) is 0 Å². The summed E-state index contributed by atoms with van der Waals surface area (Å²) in [5.74, 6) is 5.65. The van der Waals surface area contributed by atoms with Crippen LogP contribution in [0.2, 0.25) is 0 Å². The van der Waals surface area contributed by atoms with E-state index in [1.165, 1.54) is 0 Å². The number of imide groups is 1. The Morgan fingerprint density at radius 1 is 1.04 bits per heavy atom. The molecule has 0 radical (unpaired) electrons. The van der Waals surface area contributed by atoms with Crippen LogP contribution in [0.3, 0.4) is 0 Å². The van der Waals surface area contributed by atoms with Crippen molar-refractivity contribution in [2.45, 2.75) is 25.7 Å². The molecule has 0 saturated carbocycles. The second-order valence-electron chi connectivity index (χ2n) is 12.7. The number of ether oxygens (including phenoxy) is 1. The van der Waals surface area contributed by atoms with Gasteiger partial charge in [0.15, 0.2) is 11.6 Å². The van der Waals surface area contributed by atoms with Crippen LogP contribution in [-0.4, -0.2) is 61.5 Å². The highest BCUT2D eigenvalue weighted by Gasteiger charge is 2.30. The summed E-state index contributed by atoms with van der Waals surface area (Å²) in [7, 11) is 3.51. The Kier molecular flexibility index (Phi) is 8.02. The van der Waals surface area contributed by atoms with Crippen molar-refractivity contribution in [3.05, 3.63) is 94.0 Å². The van der Waals surface area contributed by atoms with Crippen LogP contribution >= 0.6 is 0 Å². The number of carbonyl (C=O) groups excluding carboxylic acids is 3. The number of nitrogens with zero attached hydrogens (tertiary/aromatic N) is 6. The van der Waals surface area contributed by atoms with Gasteiger partial charge in [-0.1, -0.05) is 18.1 Å². The molecule has 6 heterocycles. The number of imidazole rings is 1. The molecule has 14 nitrogen and oxygen atoms in total. The Labute approximate surface area is 296 Å². The highest BCUT2D eigenvalue weighted by molar-refractivity contribution is 6.03. The molecule has 0 spiro atoms. The van der Waals surface area contributed by atoms with E-state index in [9.17, 15) is 19.2 Å². The molecule has 1 unspecified atom stereocenters. The first-order valence-corrected chi connectivity index (χ1v) is 16.7. The van der Waals surface area contributed by atoms with Gasteiger partial charge in [0.05, 0.1) is 36.2 Å². The SMILES string of the molecule is Cc1cc(-c2ncc3c(n2)OCCN3c2ccc3c(c2)n(C)c(=O)n3C)cnc1C(=O)NCC#Cc1cc2c(C3CCC(=O)NC3=O)cccc2o1. The third-order valence-corrected chi connectivity index (χ3v) is 9.46. The van der Waals surface area contributed by atoms with Crippen LogP contribution in [0, 0.1) is 18.8 Å². The minimum absolute atomic E-state index is 0.0496. The van der Waals surface area contributed by atoms with Crippen molar-refractivity contribution in [2.75, 3.05) is 24.6 Å². The summed E-state index contributed by atoms with van der Waals surface area (Å²) >= 11 is 0. The van der Waals surface area contributed by atoms with Gasteiger partial charge in [0.2, 0.25) is 17.7 Å². The molecule has 8 rings (SSSR count). The van der Waals surface area contributed by atoms with E-state index in [-0.39, 0.29) is 42.1 Å². The summed E-state index contributed by atoms with van der Waals surface area (Å²) in [4.78, 5) is 65.3. The quantitative estimate of drug-likeness (QED) is 0.201. The first-order valence-electron chi connectivity index (χ1n) is 16.7. The largest absolute Gasteiger partial charge is 0.474 e. The molecule has 0 aliphatic carbocycles. The molecule has 6 aromatic rings. The highest BCUT2D eigenvalue weighted by atomic mass is 16.5. The second kappa shape index (κ2) is 12.9. The molecular formula is C38H32N8O6. The molecule has 2 N–H and O–H groups in total. The molecule has 1 atom stereocenters. The molecule has 2 aliphatic heterocycles. The summed E-state index contributed by atoms with van der Waals surface area (Å²) in [5, 5.41) is 5.94. The molecule has 52 heavy (non-hydrogen) atoms. The predicted molar refractivity (Wildman–Crippen MR) is 191 cm³/mol. The van der Waals surface area contributed by atoms with Gasteiger partial charge >= 0.3 is 5.69 Å². The Bertz CT molecular complexity index is 2590. The molecule has 0 bridgehead atoms. The second-order valence-corrected chi connectivity index (χ2v) is 12.7. The van der Waals surface area contributed by atoms with Crippen LogP contribution in [0.25, 0.3) is 33.4 Å². The topological polar surface area (TPSA) is 166 Å². The maximum Gasteiger partial charge on any atom is 0.328 e. The summed E-state index contributed by atoms with van der Waals surface area (Å²) in [6.45, 7) is 2.83. The number of fused-ring (bicyclic) bond motifs is 3. The summed E-state index contributed by atoms with van der Waals surface area (Å²) < 4.78 is 15.0. The first-order chi connectivity index (χ1) is 25.2. The third-order valence-electron chi connectivity index (χ3n) is 9.46. The van der Waals surface area contributed by atoms with Crippen LogP contribution in [0.4, 0.5) is 11.4 Å². The molecule has 4 aromatic heterocycles. The van der Waals surface area contributed by atoms with Crippen LogP contribution in [0.15, 0.2) is 70.1 Å². The lowest BCUT2D eigenvalue weighted by Gasteiger charge is -2.30. The lowest BCUT2D eigenvalue weighted by Crippen LogP contribution is -2.39. The maximum absolute atomic E-state index is 13.0. The lowest BCUT2D eigenvalue weighted by atomic mass is 9.88. The summed E-state index contributed by atoms with van der Waals surface area (Å²) in [6.07, 6.45) is 3.97. The Hall–Kier alpha value is -6.75. The number of furan rings is 1. The van der Waals surface area contributed by atoms with E-state index in [0.717, 1.165) is 27.7 Å². The van der Waals surface area contributed by atoms with Gasteiger partial charge in [-0.25, -0.2) is 9.78 Å². The minimum Gasteiger partial charge on any atom is -0.474 e. The number of rotatable bonds is 5. The summed E-state index contributed by atoms with van der Waals surface area (Å²) in [6, 6.07) is 14.9. The number of benzene rings is 2. The van der Waals surface area contributed by atoms with Crippen molar-refractivity contribution >= 4 is 51.1 Å². The van der Waals surface area contributed by atoms with Crippen LogP contribution in [0.1, 0.15) is 46.1 Å². The van der Waals surface area contributed by atoms with E-state index < -0.39 is 5.92 Å². The zero-order valence-corrected chi connectivity index (χ0v) is 28.5. The molecular weight excluding hydrogens is 664 g/mol. The fourth-order valence-corrected chi connectivity index (χ4v) is 6.79. The van der Waals surface area contributed by atoms with Gasteiger partial charge in [-0.05, 0) is 60.7 Å². The minimum atomic E-state index is -0.445. The van der Waals surface area contributed by atoms with E-state index in [1.807, 2.05) is 30.3 Å². The lowest BCUT2D eigenvalue weighted by molar-refractivity contribution is -0.134. The Morgan fingerprint density at radius 3 is 2.71 bits per heavy atom. The Balaban J connectivity index is 0.947. The smallest absolute Gasteiger partial charge is 0.328 e. The third kappa shape index (κ3) is 5.71. The number of aromatic nitrogens is 5. The number of piperidine rings is 1. The average molecular weight is 697 g/mol. The highest BCUT2D eigenvalue weighted by Crippen LogP contribution is 2.37. The van der Waals surface area contributed by atoms with Crippen molar-refractivity contribution in [3.63, 3.8) is 0 Å². The van der Waals surface area contributed by atoms with Crippen LogP contribution < -0.4 is 26.0 Å². The van der Waals surface area contributed by atoms with E-state index in [2.05, 4.69) is 42.3 Å². The number of anilines is 2. The fourth-order valence-electron chi connectivity index (χ4n) is 6.79. The molecule has 1 fully saturated rings. The molecule has 1 saturated heterocycles. The summed E-state index contributed by atoms with van der Waals surface area (Å²) in [5.41, 5.74) is 6.04. The number of carbonyl (C=O) groups is 3. The standard InChI is InChI=1S/C38H32N8O6/c1-21-16-22(34-41-20-30-37(43-34)51-15-14-46(30)23-9-11-28-29(17-23)45(3)38(50)44(28)2)19-40-33(21)36(49)39-13-5-6-24-18-27-25(7-4-8-31(27)52-24)26-10-12-32(47)42-35(26)48/h4,7-9,11,16-20,26H,10,12-15H2,1-3H3,(H,39,49)(H,42,47,48). The van der Waals surface area contributed by atoms with Gasteiger partial charge in [0.25, 0.3) is 5.91 Å². The first kappa shape index (κ1) is 32.5. The zero-order chi connectivity index (χ0) is 36.1. The fraction of sp³-hybridized carbons (Fsp3) is 0.237. The van der Waals surface area contributed by atoms with Crippen molar-refractivity contribution in [3.8, 4) is 29.1 Å². The normalized spacial score (nSPS) is 15.5. The monoisotopic (exact) mass is 696 g/mol. The maximum atomic E-state index is 13.0. The molecule has 3 amide bonds. The van der Waals surface area contributed by atoms with E-state index in [4.69, 9.17) is 9.15 Å². The number of pyridine rings is 1. The van der Waals surface area contributed by atoms with Crippen molar-refractivity contribution < 1.29 is 23.5 Å². The molecule has 2 aliphatic rings. The average Bonchev–Trinajstić information content (AvgIpc) is 3.66. The van der Waals surface area contributed by atoms with Crippen LogP contribution in [0.5, 0.6) is 5.88 Å². The van der Waals surface area contributed by atoms with Gasteiger partial charge in [-0.2, -0.15) is 4.98 Å². The van der Waals surface area contributed by atoms with E-state index in [0.29, 0.717) is 59.4 Å². The van der Waals surface area contributed by atoms with E-state index >= 15 is 0 Å². The number of aryl methyl sites for hydroxylation is 3. The number of amides is 3. The van der Waals surface area contributed by atoms with Gasteiger partial charge < -0.3 is 19.4 Å². The van der Waals surface area contributed by atoms with E-state index in [1.54, 1.807) is 60.7 Å². The number of hydrogen-bond donors (Lipinski definition) is 2. The molecule has 14 heteroatoms. The van der Waals surface area contributed by atoms with Gasteiger partial charge in [-0.3, -0.25) is 33.8 Å². The molecule has 260 valence electrons. The number of hydrogen-bond acceptors (Lipinski definition) is 10. The Morgan fingerprint density at radius 2 is 1.88 bits per heavy atom. The zero-order valence-electron chi connectivity index (χ0n) is 28.5. The van der Waals surface area contributed by atoms with Crippen molar-refractivity contribution in [2.24, 2.45) is 14.1 Å². The van der Waals surface area contributed by atoms with Gasteiger partial charge in [0.1, 0.15) is 23.6 Å². The number of nitrogens with one attached hydrogen (secondary N) is 2.